The van der Waals surface area contributed by atoms with Crippen LogP contribution in [-0.2, 0) is 6.61 Å². The molecule has 154 valence electrons. The van der Waals surface area contributed by atoms with Gasteiger partial charge in [-0.15, -0.1) is 12.4 Å². The third kappa shape index (κ3) is 5.53. The fraction of sp³-hybridized carbons (Fsp3) is 0.400. The summed E-state index contributed by atoms with van der Waals surface area (Å²) in [6, 6.07) is 12.4. The molecule has 1 fully saturated rings. The van der Waals surface area contributed by atoms with Gasteiger partial charge in [-0.2, -0.15) is 13.2 Å². The van der Waals surface area contributed by atoms with Crippen molar-refractivity contribution in [3.8, 4) is 11.5 Å². The van der Waals surface area contributed by atoms with E-state index < -0.39 is 12.2 Å². The Morgan fingerprint density at radius 2 is 1.71 bits per heavy atom. The fourth-order valence-electron chi connectivity index (χ4n) is 3.26. The minimum absolute atomic E-state index is 0. The molecule has 28 heavy (non-hydrogen) atoms. The van der Waals surface area contributed by atoms with Crippen molar-refractivity contribution in [2.45, 2.75) is 18.8 Å². The lowest BCUT2D eigenvalue weighted by Gasteiger charge is -2.36. The first kappa shape index (κ1) is 22.3. The predicted octanol–water partition coefficient (Wildman–Crippen LogP) is 4.20. The summed E-state index contributed by atoms with van der Waals surface area (Å²) < 4.78 is 52.3. The standard InChI is InChI=1S/C20H23F3N2O2.ClH/c1-26-18-13-16(19(20(21,22)23)25-11-9-24-10-12-25)7-8-17(18)27-14-15-5-3-2-4-6-15;/h2-8,13,19,24H,9-12,14H2,1H3;1H/t19-;/m0./s1. The summed E-state index contributed by atoms with van der Waals surface area (Å²) in [4.78, 5) is 1.45. The van der Waals surface area contributed by atoms with E-state index in [0.29, 0.717) is 44.3 Å². The van der Waals surface area contributed by atoms with Crippen molar-refractivity contribution in [3.05, 3.63) is 59.7 Å². The number of nitrogens with one attached hydrogen (secondary N) is 1. The van der Waals surface area contributed by atoms with E-state index >= 15 is 0 Å². The van der Waals surface area contributed by atoms with Gasteiger partial charge in [0.15, 0.2) is 11.5 Å². The number of methoxy groups -OCH3 is 1. The van der Waals surface area contributed by atoms with E-state index in [-0.39, 0.29) is 18.0 Å². The number of hydrogen-bond donors (Lipinski definition) is 1. The molecule has 1 heterocycles. The van der Waals surface area contributed by atoms with Crippen molar-refractivity contribution in [2.75, 3.05) is 33.3 Å². The van der Waals surface area contributed by atoms with Crippen LogP contribution in [0.25, 0.3) is 0 Å². The highest BCUT2D eigenvalue weighted by atomic mass is 35.5. The molecule has 0 saturated carbocycles. The molecule has 4 nitrogen and oxygen atoms in total. The maximum Gasteiger partial charge on any atom is 0.408 e. The number of alkyl halides is 3. The van der Waals surface area contributed by atoms with Gasteiger partial charge in [0.2, 0.25) is 0 Å². The minimum atomic E-state index is -4.37. The summed E-state index contributed by atoms with van der Waals surface area (Å²) in [5.41, 5.74) is 1.13. The molecule has 2 aromatic carbocycles. The Morgan fingerprint density at radius 3 is 2.32 bits per heavy atom. The average Bonchev–Trinajstić information content (AvgIpc) is 2.67. The lowest BCUT2D eigenvalue weighted by atomic mass is 10.0. The zero-order valence-electron chi connectivity index (χ0n) is 15.5. The van der Waals surface area contributed by atoms with Crippen LogP contribution in [0.4, 0.5) is 13.2 Å². The Bertz CT molecular complexity index is 738. The molecular weight excluding hydrogens is 393 g/mol. The third-order valence-electron chi connectivity index (χ3n) is 4.57. The lowest BCUT2D eigenvalue weighted by Crippen LogP contribution is -2.49. The number of piperazine rings is 1. The SMILES string of the molecule is COc1cc([C@H](N2CCNCC2)C(F)(F)F)ccc1OCc1ccccc1.Cl. The molecule has 1 saturated heterocycles. The zero-order chi connectivity index (χ0) is 19.3. The van der Waals surface area contributed by atoms with Crippen molar-refractivity contribution in [1.82, 2.24) is 10.2 Å². The van der Waals surface area contributed by atoms with Crippen LogP contribution >= 0.6 is 12.4 Å². The topological polar surface area (TPSA) is 33.7 Å². The van der Waals surface area contributed by atoms with E-state index in [1.54, 1.807) is 6.07 Å². The first-order valence-corrected chi connectivity index (χ1v) is 8.85. The minimum Gasteiger partial charge on any atom is -0.493 e. The van der Waals surface area contributed by atoms with E-state index in [1.807, 2.05) is 30.3 Å². The number of hydrogen-bond acceptors (Lipinski definition) is 4. The molecule has 1 N–H and O–H groups in total. The molecular formula is C20H24ClF3N2O2. The molecule has 0 unspecified atom stereocenters. The maximum absolute atomic E-state index is 13.8. The quantitative estimate of drug-likeness (QED) is 0.765. The number of nitrogens with zero attached hydrogens (tertiary/aromatic N) is 1. The predicted molar refractivity (Wildman–Crippen MR) is 104 cm³/mol. The van der Waals surface area contributed by atoms with E-state index in [4.69, 9.17) is 9.47 Å². The number of rotatable bonds is 6. The van der Waals surface area contributed by atoms with Crippen LogP contribution in [0.15, 0.2) is 48.5 Å². The molecule has 3 rings (SSSR count). The van der Waals surface area contributed by atoms with E-state index in [0.717, 1.165) is 5.56 Å². The van der Waals surface area contributed by atoms with Crippen LogP contribution in [0.1, 0.15) is 17.2 Å². The normalized spacial score (nSPS) is 16.1. The van der Waals surface area contributed by atoms with Crippen molar-refractivity contribution in [3.63, 3.8) is 0 Å². The molecule has 0 bridgehead atoms. The van der Waals surface area contributed by atoms with E-state index in [2.05, 4.69) is 5.32 Å². The molecule has 0 aliphatic carbocycles. The first-order chi connectivity index (χ1) is 13.0. The molecule has 1 aliphatic rings. The fourth-order valence-corrected chi connectivity index (χ4v) is 3.26. The maximum atomic E-state index is 13.8. The monoisotopic (exact) mass is 416 g/mol. The third-order valence-corrected chi connectivity index (χ3v) is 4.57. The Morgan fingerprint density at radius 1 is 1.04 bits per heavy atom. The van der Waals surface area contributed by atoms with E-state index in [9.17, 15) is 13.2 Å². The average molecular weight is 417 g/mol. The van der Waals surface area contributed by atoms with E-state index in [1.165, 1.54) is 24.1 Å². The van der Waals surface area contributed by atoms with Crippen LogP contribution in [0.5, 0.6) is 11.5 Å². The molecule has 0 amide bonds. The van der Waals surface area contributed by atoms with Gasteiger partial charge in [0.05, 0.1) is 7.11 Å². The van der Waals surface area contributed by atoms with Gasteiger partial charge in [-0.25, -0.2) is 0 Å². The highest BCUT2D eigenvalue weighted by Crippen LogP contribution is 2.41. The van der Waals surface area contributed by atoms with Gasteiger partial charge in [0.25, 0.3) is 0 Å². The van der Waals surface area contributed by atoms with Crippen LogP contribution in [-0.4, -0.2) is 44.4 Å². The van der Waals surface area contributed by atoms with Crippen LogP contribution < -0.4 is 14.8 Å². The van der Waals surface area contributed by atoms with Gasteiger partial charge in [0, 0.05) is 26.2 Å². The smallest absolute Gasteiger partial charge is 0.408 e. The molecule has 0 radical (unpaired) electrons. The molecule has 8 heteroatoms. The number of benzene rings is 2. The summed E-state index contributed by atoms with van der Waals surface area (Å²) in [7, 11) is 1.43. The summed E-state index contributed by atoms with van der Waals surface area (Å²) in [6.45, 7) is 2.10. The Hall–Kier alpha value is -1.96. The van der Waals surface area contributed by atoms with Crippen LogP contribution in [0.3, 0.4) is 0 Å². The second kappa shape index (κ2) is 10.0. The van der Waals surface area contributed by atoms with Crippen LogP contribution in [0.2, 0.25) is 0 Å². The highest BCUT2D eigenvalue weighted by molar-refractivity contribution is 5.85. The summed E-state index contributed by atoms with van der Waals surface area (Å²) >= 11 is 0. The Balaban J connectivity index is 0.00000280. The Kier molecular flexibility index (Phi) is 7.98. The van der Waals surface area contributed by atoms with Crippen LogP contribution in [0, 0.1) is 0 Å². The molecule has 0 aromatic heterocycles. The second-order valence-corrected chi connectivity index (χ2v) is 6.41. The first-order valence-electron chi connectivity index (χ1n) is 8.85. The van der Waals surface area contributed by atoms with Crippen molar-refractivity contribution < 1.29 is 22.6 Å². The van der Waals surface area contributed by atoms with Gasteiger partial charge >= 0.3 is 6.18 Å². The second-order valence-electron chi connectivity index (χ2n) is 6.41. The molecule has 0 spiro atoms. The van der Waals surface area contributed by atoms with Gasteiger partial charge in [-0.3, -0.25) is 4.90 Å². The van der Waals surface area contributed by atoms with Gasteiger partial charge in [-0.05, 0) is 23.3 Å². The zero-order valence-corrected chi connectivity index (χ0v) is 16.4. The lowest BCUT2D eigenvalue weighted by molar-refractivity contribution is -0.187. The summed E-state index contributed by atoms with van der Waals surface area (Å²) in [6.07, 6.45) is -4.37. The van der Waals surface area contributed by atoms with Gasteiger partial charge < -0.3 is 14.8 Å². The van der Waals surface area contributed by atoms with Gasteiger partial charge in [-0.1, -0.05) is 36.4 Å². The van der Waals surface area contributed by atoms with Crippen molar-refractivity contribution >= 4 is 12.4 Å². The highest BCUT2D eigenvalue weighted by Gasteiger charge is 2.45. The Labute approximate surface area is 169 Å². The summed E-state index contributed by atoms with van der Waals surface area (Å²) in [5.74, 6) is 0.721. The summed E-state index contributed by atoms with van der Waals surface area (Å²) in [5, 5.41) is 3.08. The van der Waals surface area contributed by atoms with Crippen molar-refractivity contribution in [2.24, 2.45) is 0 Å². The molecule has 1 atom stereocenters. The molecule has 2 aromatic rings. The number of halogens is 4. The largest absolute Gasteiger partial charge is 0.493 e. The van der Waals surface area contributed by atoms with Crippen molar-refractivity contribution in [1.29, 1.82) is 0 Å². The molecule has 1 aliphatic heterocycles. The van der Waals surface area contributed by atoms with Gasteiger partial charge in [0.1, 0.15) is 12.6 Å². The number of ether oxygens (including phenoxy) is 2.